The minimum atomic E-state index is -4.71. The lowest BCUT2D eigenvalue weighted by Gasteiger charge is -2.18. The smallest absolute Gasteiger partial charge is 0.491 e. The standard InChI is InChI=1S/C18H18ClF3O3S/c1-2-23-15(12-26-17-6-4-3-5-16(17)19)11-24-13-7-9-14(10-8-13)25-18(20,21)22/h3-10,15H,2,11-12H2,1H3. The largest absolute Gasteiger partial charge is 0.573 e. The van der Waals surface area contributed by atoms with E-state index in [1.165, 1.54) is 24.3 Å². The van der Waals surface area contributed by atoms with Crippen molar-refractivity contribution in [2.24, 2.45) is 0 Å². The van der Waals surface area contributed by atoms with E-state index in [-0.39, 0.29) is 18.5 Å². The fourth-order valence-electron chi connectivity index (χ4n) is 2.05. The Morgan fingerprint density at radius 3 is 2.31 bits per heavy atom. The molecule has 1 atom stereocenters. The van der Waals surface area contributed by atoms with Gasteiger partial charge in [-0.15, -0.1) is 24.9 Å². The minimum absolute atomic E-state index is 0.188. The molecule has 26 heavy (non-hydrogen) atoms. The molecule has 0 amide bonds. The second-order valence-electron chi connectivity index (χ2n) is 5.15. The summed E-state index contributed by atoms with van der Waals surface area (Å²) in [4.78, 5) is 0.951. The molecule has 0 spiro atoms. The van der Waals surface area contributed by atoms with Crippen molar-refractivity contribution in [1.29, 1.82) is 0 Å². The summed E-state index contributed by atoms with van der Waals surface area (Å²) in [6.07, 6.45) is -4.90. The number of benzene rings is 2. The van der Waals surface area contributed by atoms with Crippen molar-refractivity contribution in [2.45, 2.75) is 24.3 Å². The first-order chi connectivity index (χ1) is 12.4. The van der Waals surface area contributed by atoms with E-state index in [2.05, 4.69) is 4.74 Å². The predicted molar refractivity (Wildman–Crippen MR) is 96.2 cm³/mol. The summed E-state index contributed by atoms with van der Waals surface area (Å²) in [6.45, 7) is 2.68. The summed E-state index contributed by atoms with van der Waals surface area (Å²) >= 11 is 7.69. The number of hydrogen-bond donors (Lipinski definition) is 0. The molecule has 2 aromatic carbocycles. The predicted octanol–water partition coefficient (Wildman–Crippen LogP) is 5.81. The van der Waals surface area contributed by atoms with Crippen molar-refractivity contribution in [3.8, 4) is 11.5 Å². The quantitative estimate of drug-likeness (QED) is 0.491. The number of ether oxygens (including phenoxy) is 3. The van der Waals surface area contributed by atoms with E-state index in [4.69, 9.17) is 21.1 Å². The van der Waals surface area contributed by atoms with Gasteiger partial charge in [0.15, 0.2) is 0 Å². The molecular formula is C18H18ClF3O3S. The molecule has 2 aromatic rings. The molecule has 142 valence electrons. The maximum absolute atomic E-state index is 12.2. The molecule has 0 radical (unpaired) electrons. The van der Waals surface area contributed by atoms with Gasteiger partial charge in [-0.2, -0.15) is 0 Å². The van der Waals surface area contributed by atoms with E-state index in [9.17, 15) is 13.2 Å². The van der Waals surface area contributed by atoms with Crippen molar-refractivity contribution >= 4 is 23.4 Å². The fraction of sp³-hybridized carbons (Fsp3) is 0.333. The first-order valence-corrected chi connectivity index (χ1v) is 9.21. The van der Waals surface area contributed by atoms with Gasteiger partial charge in [0.2, 0.25) is 0 Å². The molecule has 0 fully saturated rings. The molecule has 0 aliphatic heterocycles. The van der Waals surface area contributed by atoms with E-state index in [1.807, 2.05) is 31.2 Å². The summed E-state index contributed by atoms with van der Waals surface area (Å²) in [7, 11) is 0. The van der Waals surface area contributed by atoms with Gasteiger partial charge in [0, 0.05) is 17.3 Å². The van der Waals surface area contributed by atoms with Crippen LogP contribution in [0.5, 0.6) is 11.5 Å². The van der Waals surface area contributed by atoms with Gasteiger partial charge in [-0.1, -0.05) is 23.7 Å². The van der Waals surface area contributed by atoms with Crippen molar-refractivity contribution in [3.05, 3.63) is 53.6 Å². The van der Waals surface area contributed by atoms with E-state index >= 15 is 0 Å². The Bertz CT molecular complexity index is 680. The highest BCUT2D eigenvalue weighted by Crippen LogP contribution is 2.28. The Balaban J connectivity index is 1.86. The third-order valence-corrected chi connectivity index (χ3v) is 4.80. The Morgan fingerprint density at radius 1 is 1.04 bits per heavy atom. The zero-order chi connectivity index (χ0) is 19.0. The molecule has 8 heteroatoms. The number of hydrogen-bond acceptors (Lipinski definition) is 4. The van der Waals surface area contributed by atoms with E-state index < -0.39 is 6.36 Å². The van der Waals surface area contributed by atoms with Crippen LogP contribution in [-0.2, 0) is 4.74 Å². The van der Waals surface area contributed by atoms with Crippen LogP contribution in [0.3, 0.4) is 0 Å². The van der Waals surface area contributed by atoms with Gasteiger partial charge in [-0.3, -0.25) is 0 Å². The lowest BCUT2D eigenvalue weighted by Crippen LogP contribution is -2.24. The van der Waals surface area contributed by atoms with Crippen LogP contribution in [0.1, 0.15) is 6.92 Å². The second kappa shape index (κ2) is 9.94. The van der Waals surface area contributed by atoms with E-state index in [0.717, 1.165) is 4.90 Å². The number of rotatable bonds is 9. The average molecular weight is 407 g/mol. The summed E-state index contributed by atoms with van der Waals surface area (Å²) in [5.74, 6) is 0.778. The van der Waals surface area contributed by atoms with Crippen molar-refractivity contribution in [3.63, 3.8) is 0 Å². The van der Waals surface area contributed by atoms with Gasteiger partial charge < -0.3 is 14.2 Å². The molecule has 0 saturated heterocycles. The maximum atomic E-state index is 12.2. The molecule has 3 nitrogen and oxygen atoms in total. The zero-order valence-electron chi connectivity index (χ0n) is 14.0. The summed E-state index contributed by atoms with van der Waals surface area (Å²) in [5, 5.41) is 0.675. The number of thioether (sulfide) groups is 1. The Kier molecular flexibility index (Phi) is 7.93. The molecule has 1 unspecified atom stereocenters. The molecule has 0 aliphatic rings. The molecule has 0 heterocycles. The second-order valence-corrected chi connectivity index (χ2v) is 6.62. The van der Waals surface area contributed by atoms with Crippen LogP contribution in [0.4, 0.5) is 13.2 Å². The van der Waals surface area contributed by atoms with Crippen molar-refractivity contribution in [2.75, 3.05) is 19.0 Å². The third-order valence-electron chi connectivity index (χ3n) is 3.16. The van der Waals surface area contributed by atoms with Gasteiger partial charge in [0.1, 0.15) is 24.2 Å². The van der Waals surface area contributed by atoms with Crippen molar-refractivity contribution < 1.29 is 27.4 Å². The van der Waals surface area contributed by atoms with Crippen LogP contribution >= 0.6 is 23.4 Å². The Hall–Kier alpha value is -1.57. The number of halogens is 4. The molecule has 2 rings (SSSR count). The topological polar surface area (TPSA) is 27.7 Å². The maximum Gasteiger partial charge on any atom is 0.573 e. The summed E-state index contributed by atoms with van der Waals surface area (Å²) < 4.78 is 51.5. The fourth-order valence-corrected chi connectivity index (χ4v) is 3.29. The molecular weight excluding hydrogens is 389 g/mol. The first kappa shape index (κ1) is 20.7. The van der Waals surface area contributed by atoms with Crippen molar-refractivity contribution in [1.82, 2.24) is 0 Å². The zero-order valence-corrected chi connectivity index (χ0v) is 15.5. The molecule has 0 aromatic heterocycles. The molecule has 0 bridgehead atoms. The lowest BCUT2D eigenvalue weighted by atomic mass is 10.3. The molecule has 0 N–H and O–H groups in total. The van der Waals surface area contributed by atoms with E-state index in [0.29, 0.717) is 23.1 Å². The van der Waals surface area contributed by atoms with E-state index in [1.54, 1.807) is 11.8 Å². The van der Waals surface area contributed by atoms with Crippen LogP contribution in [0, 0.1) is 0 Å². The highest BCUT2D eigenvalue weighted by Gasteiger charge is 2.31. The number of alkyl halides is 3. The lowest BCUT2D eigenvalue weighted by molar-refractivity contribution is -0.274. The summed E-state index contributed by atoms with van der Waals surface area (Å²) in [6, 6.07) is 12.8. The molecule has 0 saturated carbocycles. The first-order valence-electron chi connectivity index (χ1n) is 7.85. The average Bonchev–Trinajstić information content (AvgIpc) is 2.58. The molecule has 0 aliphatic carbocycles. The normalized spacial score (nSPS) is 12.7. The summed E-state index contributed by atoms with van der Waals surface area (Å²) in [5.41, 5.74) is 0. The van der Waals surface area contributed by atoms with Crippen LogP contribution < -0.4 is 9.47 Å². The van der Waals surface area contributed by atoms with Gasteiger partial charge in [-0.05, 0) is 43.3 Å². The monoisotopic (exact) mass is 406 g/mol. The van der Waals surface area contributed by atoms with Gasteiger partial charge in [-0.25, -0.2) is 0 Å². The highest BCUT2D eigenvalue weighted by molar-refractivity contribution is 7.99. The minimum Gasteiger partial charge on any atom is -0.491 e. The van der Waals surface area contributed by atoms with Gasteiger partial charge in [0.25, 0.3) is 0 Å². The van der Waals surface area contributed by atoms with Crippen LogP contribution in [0.15, 0.2) is 53.4 Å². The highest BCUT2D eigenvalue weighted by atomic mass is 35.5. The van der Waals surface area contributed by atoms with Crippen LogP contribution in [0.25, 0.3) is 0 Å². The van der Waals surface area contributed by atoms with Gasteiger partial charge >= 0.3 is 6.36 Å². The Labute approximate surface area is 159 Å². The third kappa shape index (κ3) is 7.35. The SMILES string of the molecule is CCOC(COc1ccc(OC(F)(F)F)cc1)CSc1ccccc1Cl. The Morgan fingerprint density at radius 2 is 1.69 bits per heavy atom. The van der Waals surface area contributed by atoms with Gasteiger partial charge in [0.05, 0.1) is 5.02 Å². The van der Waals surface area contributed by atoms with Crippen LogP contribution in [0.2, 0.25) is 5.02 Å². The van der Waals surface area contributed by atoms with Crippen LogP contribution in [-0.4, -0.2) is 31.4 Å².